The molecule has 3 aliphatic rings. The van der Waals surface area contributed by atoms with Gasteiger partial charge in [0.15, 0.2) is 5.79 Å². The zero-order valence-electron chi connectivity index (χ0n) is 19.5. The first-order valence-corrected chi connectivity index (χ1v) is 13.1. The average molecular weight is 484 g/mol. The second-order valence-electron chi connectivity index (χ2n) is 8.93. The maximum Gasteiger partial charge on any atom is 0.341 e. The zero-order valence-corrected chi connectivity index (χ0v) is 20.3. The first-order valence-electron chi connectivity index (χ1n) is 11.6. The summed E-state index contributed by atoms with van der Waals surface area (Å²) in [4.78, 5) is 30.5. The van der Waals surface area contributed by atoms with Gasteiger partial charge in [-0.2, -0.15) is 4.31 Å². The van der Waals surface area contributed by atoms with E-state index >= 15 is 0 Å². The highest BCUT2D eigenvalue weighted by Gasteiger charge is 2.43. The van der Waals surface area contributed by atoms with Crippen molar-refractivity contribution in [1.29, 1.82) is 0 Å². The molecule has 1 amide bonds. The summed E-state index contributed by atoms with van der Waals surface area (Å²) in [5, 5.41) is 0. The Morgan fingerprint density at radius 1 is 1.12 bits per heavy atom. The van der Waals surface area contributed by atoms with Crippen LogP contribution < -0.4 is 0 Å². The molecule has 1 spiro atoms. The molecule has 3 saturated heterocycles. The van der Waals surface area contributed by atoms with Gasteiger partial charge in [0.25, 0.3) is 0 Å². The number of aryl methyl sites for hydroxylation is 2. The molecule has 184 valence electrons. The molecule has 0 bridgehead atoms. The Balaban J connectivity index is 1.49. The summed E-state index contributed by atoms with van der Waals surface area (Å²) in [7, 11) is -3.99. The van der Waals surface area contributed by atoms with Gasteiger partial charge in [-0.25, -0.2) is 13.2 Å². The summed E-state index contributed by atoms with van der Waals surface area (Å²) in [6, 6.07) is 0. The number of esters is 1. The van der Waals surface area contributed by atoms with Crippen LogP contribution in [0.15, 0.2) is 4.90 Å². The van der Waals surface area contributed by atoms with Crippen molar-refractivity contribution in [1.82, 2.24) is 14.2 Å². The number of H-pyrrole nitrogens is 1. The van der Waals surface area contributed by atoms with E-state index in [-0.39, 0.29) is 29.5 Å². The second kappa shape index (κ2) is 9.36. The Bertz CT molecular complexity index is 1000. The van der Waals surface area contributed by atoms with Crippen molar-refractivity contribution in [2.45, 2.75) is 57.1 Å². The van der Waals surface area contributed by atoms with Crippen molar-refractivity contribution < 1.29 is 32.2 Å². The minimum atomic E-state index is -3.99. The van der Waals surface area contributed by atoms with Crippen LogP contribution in [0, 0.1) is 19.8 Å². The van der Waals surface area contributed by atoms with E-state index < -0.39 is 27.7 Å². The van der Waals surface area contributed by atoms with Gasteiger partial charge in [0.2, 0.25) is 15.9 Å². The fourth-order valence-corrected chi connectivity index (χ4v) is 7.07. The number of ether oxygens (including phenoxy) is 3. The Morgan fingerprint density at radius 2 is 1.79 bits per heavy atom. The lowest BCUT2D eigenvalue weighted by Crippen LogP contribution is -2.51. The van der Waals surface area contributed by atoms with Gasteiger partial charge in [0, 0.05) is 50.4 Å². The molecule has 4 rings (SSSR count). The number of amides is 1. The van der Waals surface area contributed by atoms with E-state index in [9.17, 15) is 18.0 Å². The first kappa shape index (κ1) is 24.2. The standard InChI is InChI=1S/C22H33N3O7S/c1-4-30-21(27)18-15(2)23-16(3)19(18)33(28,29)25-9-5-6-17(14-25)20(26)24-10-7-22(8-11-24)31-12-13-32-22/h17,23H,4-14H2,1-3H3/t17-/m0/s1. The van der Waals surface area contributed by atoms with Gasteiger partial charge in [-0.05, 0) is 33.6 Å². The number of nitrogens with one attached hydrogen (secondary N) is 1. The SMILES string of the molecule is CCOC(=O)c1c(C)[nH]c(C)c1S(=O)(=O)N1CCC[C@H](C(=O)N2CCC3(CC2)OCCO3)C1. The van der Waals surface area contributed by atoms with Gasteiger partial charge >= 0.3 is 5.97 Å². The van der Waals surface area contributed by atoms with Crippen LogP contribution in [0.2, 0.25) is 0 Å². The lowest BCUT2D eigenvalue weighted by atomic mass is 9.96. The number of likely N-dealkylation sites (tertiary alicyclic amines) is 1. The van der Waals surface area contributed by atoms with E-state index in [1.54, 1.807) is 25.7 Å². The van der Waals surface area contributed by atoms with E-state index in [4.69, 9.17) is 14.2 Å². The molecular weight excluding hydrogens is 450 g/mol. The molecule has 3 aliphatic heterocycles. The summed E-state index contributed by atoms with van der Waals surface area (Å²) in [6.45, 7) is 7.74. The Labute approximate surface area is 194 Å². The maximum atomic E-state index is 13.6. The van der Waals surface area contributed by atoms with E-state index in [0.29, 0.717) is 69.9 Å². The Hall–Kier alpha value is -1.95. The molecule has 0 radical (unpaired) electrons. The number of hydrogen-bond acceptors (Lipinski definition) is 7. The monoisotopic (exact) mass is 483 g/mol. The fourth-order valence-electron chi connectivity index (χ4n) is 5.13. The average Bonchev–Trinajstić information content (AvgIpc) is 3.37. The second-order valence-corrected chi connectivity index (χ2v) is 10.8. The van der Waals surface area contributed by atoms with Crippen molar-refractivity contribution in [3.8, 4) is 0 Å². The number of rotatable bonds is 5. The highest BCUT2D eigenvalue weighted by molar-refractivity contribution is 7.89. The molecule has 10 nitrogen and oxygen atoms in total. The van der Waals surface area contributed by atoms with Gasteiger partial charge in [-0.3, -0.25) is 4.79 Å². The Morgan fingerprint density at radius 3 is 2.42 bits per heavy atom. The van der Waals surface area contributed by atoms with Gasteiger partial charge in [-0.15, -0.1) is 0 Å². The molecule has 4 heterocycles. The molecule has 1 aromatic rings. The van der Waals surface area contributed by atoms with Crippen molar-refractivity contribution in [2.24, 2.45) is 5.92 Å². The fraction of sp³-hybridized carbons (Fsp3) is 0.727. The van der Waals surface area contributed by atoms with Crippen LogP contribution in [0.4, 0.5) is 0 Å². The number of aromatic nitrogens is 1. The number of hydrogen-bond donors (Lipinski definition) is 1. The molecule has 0 aromatic carbocycles. The van der Waals surface area contributed by atoms with Crippen molar-refractivity contribution in [2.75, 3.05) is 46.0 Å². The quantitative estimate of drug-likeness (QED) is 0.632. The molecule has 0 saturated carbocycles. The third kappa shape index (κ3) is 4.55. The topological polar surface area (TPSA) is 118 Å². The lowest BCUT2D eigenvalue weighted by Gasteiger charge is -2.40. The van der Waals surface area contributed by atoms with Gasteiger partial charge in [0.1, 0.15) is 10.5 Å². The number of sulfonamides is 1. The van der Waals surface area contributed by atoms with Crippen LogP contribution in [0.25, 0.3) is 0 Å². The predicted molar refractivity (Wildman–Crippen MR) is 118 cm³/mol. The van der Waals surface area contributed by atoms with Crippen LogP contribution in [-0.2, 0) is 29.0 Å². The number of aromatic amines is 1. The van der Waals surface area contributed by atoms with Crippen LogP contribution in [0.5, 0.6) is 0 Å². The van der Waals surface area contributed by atoms with Crippen molar-refractivity contribution in [3.05, 3.63) is 17.0 Å². The van der Waals surface area contributed by atoms with E-state index in [1.807, 2.05) is 0 Å². The molecule has 1 aromatic heterocycles. The zero-order chi connectivity index (χ0) is 23.8. The van der Waals surface area contributed by atoms with E-state index in [0.717, 1.165) is 0 Å². The third-order valence-corrected chi connectivity index (χ3v) is 8.82. The molecule has 11 heteroatoms. The van der Waals surface area contributed by atoms with Gasteiger partial charge < -0.3 is 24.1 Å². The highest BCUT2D eigenvalue weighted by atomic mass is 32.2. The largest absolute Gasteiger partial charge is 0.462 e. The smallest absolute Gasteiger partial charge is 0.341 e. The number of carbonyl (C=O) groups excluding carboxylic acids is 2. The van der Waals surface area contributed by atoms with Crippen LogP contribution in [0.3, 0.4) is 0 Å². The van der Waals surface area contributed by atoms with Crippen molar-refractivity contribution in [3.63, 3.8) is 0 Å². The Kier molecular flexibility index (Phi) is 6.86. The summed E-state index contributed by atoms with van der Waals surface area (Å²) in [5.41, 5.74) is 0.885. The molecule has 0 aliphatic carbocycles. The minimum absolute atomic E-state index is 0.0321. The van der Waals surface area contributed by atoms with E-state index in [2.05, 4.69) is 4.98 Å². The summed E-state index contributed by atoms with van der Waals surface area (Å²) < 4.78 is 45.1. The van der Waals surface area contributed by atoms with Crippen LogP contribution in [0.1, 0.15) is 54.4 Å². The highest BCUT2D eigenvalue weighted by Crippen LogP contribution is 2.34. The molecule has 1 N–H and O–H groups in total. The number of carbonyl (C=O) groups is 2. The molecule has 1 atom stereocenters. The normalized spacial score (nSPS) is 23.7. The van der Waals surface area contributed by atoms with Gasteiger partial charge in [0.05, 0.1) is 25.7 Å². The van der Waals surface area contributed by atoms with E-state index in [1.165, 1.54) is 4.31 Å². The maximum absolute atomic E-state index is 13.6. The first-order chi connectivity index (χ1) is 15.7. The summed E-state index contributed by atoms with van der Waals surface area (Å²) >= 11 is 0. The van der Waals surface area contributed by atoms with Crippen molar-refractivity contribution >= 4 is 21.9 Å². The lowest BCUT2D eigenvalue weighted by molar-refractivity contribution is -0.188. The summed E-state index contributed by atoms with van der Waals surface area (Å²) in [6.07, 6.45) is 2.46. The van der Waals surface area contributed by atoms with Gasteiger partial charge in [-0.1, -0.05) is 0 Å². The number of nitrogens with zero attached hydrogens (tertiary/aromatic N) is 2. The van der Waals surface area contributed by atoms with Crippen LogP contribution >= 0.6 is 0 Å². The molecular formula is C22H33N3O7S. The third-order valence-electron chi connectivity index (χ3n) is 6.78. The molecule has 33 heavy (non-hydrogen) atoms. The minimum Gasteiger partial charge on any atom is -0.462 e. The molecule has 0 unspecified atom stereocenters. The van der Waals surface area contributed by atoms with Crippen LogP contribution in [-0.4, -0.2) is 86.3 Å². The molecule has 3 fully saturated rings. The number of piperidine rings is 2. The predicted octanol–water partition coefficient (Wildman–Crippen LogP) is 1.57. The summed E-state index contributed by atoms with van der Waals surface area (Å²) in [5.74, 6) is -1.68.